The van der Waals surface area contributed by atoms with Crippen molar-refractivity contribution >= 4 is 44.0 Å². The van der Waals surface area contributed by atoms with Crippen molar-refractivity contribution in [2.24, 2.45) is 7.05 Å². The van der Waals surface area contributed by atoms with Crippen LogP contribution in [0.25, 0.3) is 21.5 Å². The Kier molecular flexibility index (Phi) is 2.45. The predicted octanol–water partition coefficient (Wildman–Crippen LogP) is 3.65. The van der Waals surface area contributed by atoms with E-state index in [9.17, 15) is 0 Å². The molecule has 0 aliphatic rings. The Labute approximate surface area is 111 Å². The minimum Gasteiger partial charge on any atom is -0.382 e. The summed E-state index contributed by atoms with van der Waals surface area (Å²) in [5, 5.41) is 2.16. The van der Waals surface area contributed by atoms with E-state index in [-0.39, 0.29) is 0 Å². The molecular formula is C12H10BrN3S. The number of nitrogens with two attached hydrogens (primary N) is 1. The van der Waals surface area contributed by atoms with Crippen molar-refractivity contribution in [2.75, 3.05) is 5.73 Å². The van der Waals surface area contributed by atoms with Crippen molar-refractivity contribution in [1.29, 1.82) is 0 Å². The van der Waals surface area contributed by atoms with Gasteiger partial charge in [-0.3, -0.25) is 0 Å². The number of halogens is 1. The molecule has 5 heteroatoms. The third kappa shape index (κ3) is 1.66. The molecule has 86 valence electrons. The van der Waals surface area contributed by atoms with Gasteiger partial charge in [0.2, 0.25) is 0 Å². The molecule has 0 fully saturated rings. The third-order valence-corrected chi connectivity index (χ3v) is 4.52. The number of hydrogen-bond acceptors (Lipinski definition) is 3. The molecule has 2 heterocycles. The van der Waals surface area contributed by atoms with Crippen LogP contribution in [0.1, 0.15) is 0 Å². The van der Waals surface area contributed by atoms with Crippen LogP contribution in [0.4, 0.5) is 5.82 Å². The number of anilines is 1. The molecule has 1 aromatic carbocycles. The number of nitrogens with zero attached hydrogens (tertiary/aromatic N) is 2. The van der Waals surface area contributed by atoms with Gasteiger partial charge in [-0.2, -0.15) is 0 Å². The highest BCUT2D eigenvalue weighted by Gasteiger charge is 2.13. The molecule has 0 radical (unpaired) electrons. The highest BCUT2D eigenvalue weighted by atomic mass is 79.9. The molecule has 0 aliphatic heterocycles. The lowest BCUT2D eigenvalue weighted by molar-refractivity contribution is 0.970. The molecule has 0 saturated carbocycles. The lowest BCUT2D eigenvalue weighted by Crippen LogP contribution is -1.84. The number of fused-ring (bicyclic) bond motifs is 1. The van der Waals surface area contributed by atoms with Gasteiger partial charge in [0.25, 0.3) is 0 Å². The Morgan fingerprint density at radius 3 is 2.82 bits per heavy atom. The van der Waals surface area contributed by atoms with Gasteiger partial charge >= 0.3 is 0 Å². The topological polar surface area (TPSA) is 43.8 Å². The fourth-order valence-electron chi connectivity index (χ4n) is 1.94. The van der Waals surface area contributed by atoms with Crippen LogP contribution < -0.4 is 5.73 Å². The van der Waals surface area contributed by atoms with Crippen molar-refractivity contribution in [2.45, 2.75) is 0 Å². The maximum absolute atomic E-state index is 5.77. The average molecular weight is 308 g/mol. The van der Waals surface area contributed by atoms with Gasteiger partial charge in [-0.25, -0.2) is 4.98 Å². The zero-order valence-electron chi connectivity index (χ0n) is 9.14. The van der Waals surface area contributed by atoms with E-state index < -0.39 is 0 Å². The number of para-hydroxylation sites is 1. The summed E-state index contributed by atoms with van der Waals surface area (Å²) in [6.45, 7) is 0. The van der Waals surface area contributed by atoms with Gasteiger partial charge in [-0.05, 0) is 22.0 Å². The smallest absolute Gasteiger partial charge is 0.149 e. The van der Waals surface area contributed by atoms with Crippen LogP contribution in [-0.4, -0.2) is 9.55 Å². The standard InChI is InChI=1S/C12H10BrN3S/c1-16-6-8(7-4-2-3-5-9(7)16)12-15-11(14)10(13)17-12/h2-6H,14H2,1H3. The second-order valence-corrected chi connectivity index (χ2v) is 6.17. The van der Waals surface area contributed by atoms with Crippen molar-refractivity contribution < 1.29 is 0 Å². The second-order valence-electron chi connectivity index (χ2n) is 3.85. The monoisotopic (exact) mass is 307 g/mol. The van der Waals surface area contributed by atoms with Crippen LogP contribution in [-0.2, 0) is 7.05 Å². The molecule has 0 amide bonds. The van der Waals surface area contributed by atoms with Gasteiger partial charge in [0.15, 0.2) is 0 Å². The molecule has 0 atom stereocenters. The molecule has 0 aliphatic carbocycles. The van der Waals surface area contributed by atoms with E-state index in [0.29, 0.717) is 5.82 Å². The minimum absolute atomic E-state index is 0.554. The number of aromatic nitrogens is 2. The number of aryl methyl sites for hydroxylation is 1. The fourth-order valence-corrected chi connectivity index (χ4v) is 3.23. The zero-order valence-corrected chi connectivity index (χ0v) is 11.5. The average Bonchev–Trinajstić information content (AvgIpc) is 2.82. The predicted molar refractivity (Wildman–Crippen MR) is 76.1 cm³/mol. The maximum Gasteiger partial charge on any atom is 0.149 e. The number of nitrogen functional groups attached to an aromatic ring is 1. The van der Waals surface area contributed by atoms with Crippen LogP contribution in [0.5, 0.6) is 0 Å². The first-order valence-electron chi connectivity index (χ1n) is 5.13. The number of rotatable bonds is 1. The van der Waals surface area contributed by atoms with Gasteiger partial charge in [0.05, 0.1) is 0 Å². The summed E-state index contributed by atoms with van der Waals surface area (Å²) < 4.78 is 3.00. The van der Waals surface area contributed by atoms with Crippen LogP contribution in [0, 0.1) is 0 Å². The van der Waals surface area contributed by atoms with Gasteiger partial charge < -0.3 is 10.3 Å². The summed E-state index contributed by atoms with van der Waals surface area (Å²) in [4.78, 5) is 4.38. The van der Waals surface area contributed by atoms with E-state index in [1.165, 1.54) is 10.9 Å². The SMILES string of the molecule is Cn1cc(-c2nc(N)c(Br)s2)c2ccccc21. The van der Waals surface area contributed by atoms with Crippen molar-refractivity contribution in [3.05, 3.63) is 34.2 Å². The summed E-state index contributed by atoms with van der Waals surface area (Å²) in [6, 6.07) is 8.29. The number of hydrogen-bond donors (Lipinski definition) is 1. The van der Waals surface area contributed by atoms with Gasteiger partial charge in [-0.15, -0.1) is 11.3 Å². The molecule has 0 unspecified atom stereocenters. The first-order chi connectivity index (χ1) is 8.16. The molecule has 17 heavy (non-hydrogen) atoms. The van der Waals surface area contributed by atoms with Crippen LogP contribution in [0.3, 0.4) is 0 Å². The summed E-state index contributed by atoms with van der Waals surface area (Å²) in [5.41, 5.74) is 8.11. The molecule has 2 aromatic heterocycles. The lowest BCUT2D eigenvalue weighted by Gasteiger charge is -1.93. The quantitative estimate of drug-likeness (QED) is 0.746. The molecule has 3 aromatic rings. The van der Waals surface area contributed by atoms with Crippen molar-refractivity contribution in [3.63, 3.8) is 0 Å². The highest BCUT2D eigenvalue weighted by Crippen LogP contribution is 2.37. The number of benzene rings is 1. The van der Waals surface area contributed by atoms with Crippen LogP contribution in [0.15, 0.2) is 34.2 Å². The highest BCUT2D eigenvalue weighted by molar-refractivity contribution is 9.11. The molecule has 0 bridgehead atoms. The lowest BCUT2D eigenvalue weighted by atomic mass is 10.2. The molecule has 0 spiro atoms. The minimum atomic E-state index is 0.554. The summed E-state index contributed by atoms with van der Waals surface area (Å²) in [7, 11) is 2.04. The largest absolute Gasteiger partial charge is 0.382 e. The molecule has 3 nitrogen and oxygen atoms in total. The van der Waals surface area contributed by atoms with Gasteiger partial charge in [0.1, 0.15) is 14.6 Å². The Hall–Kier alpha value is -1.33. The van der Waals surface area contributed by atoms with Crippen molar-refractivity contribution in [3.8, 4) is 10.6 Å². The zero-order chi connectivity index (χ0) is 12.0. The Morgan fingerprint density at radius 2 is 2.12 bits per heavy atom. The summed E-state index contributed by atoms with van der Waals surface area (Å²) in [6.07, 6.45) is 2.09. The Balaban J connectivity index is 2.30. The van der Waals surface area contributed by atoms with E-state index in [2.05, 4.69) is 43.8 Å². The van der Waals surface area contributed by atoms with Crippen LogP contribution in [0.2, 0.25) is 0 Å². The maximum atomic E-state index is 5.77. The normalized spacial score (nSPS) is 11.2. The van der Waals surface area contributed by atoms with Gasteiger partial charge in [0, 0.05) is 29.7 Å². The Morgan fingerprint density at radius 1 is 1.35 bits per heavy atom. The van der Waals surface area contributed by atoms with E-state index in [1.807, 2.05) is 19.2 Å². The summed E-state index contributed by atoms with van der Waals surface area (Å²) >= 11 is 4.97. The van der Waals surface area contributed by atoms with Gasteiger partial charge in [-0.1, -0.05) is 18.2 Å². The molecule has 2 N–H and O–H groups in total. The molecular weight excluding hydrogens is 298 g/mol. The van der Waals surface area contributed by atoms with E-state index in [1.54, 1.807) is 11.3 Å². The number of thiazole rings is 1. The Bertz CT molecular complexity index is 679. The van der Waals surface area contributed by atoms with Crippen LogP contribution >= 0.6 is 27.3 Å². The van der Waals surface area contributed by atoms with E-state index in [0.717, 1.165) is 14.4 Å². The fraction of sp³-hybridized carbons (Fsp3) is 0.0833. The van der Waals surface area contributed by atoms with E-state index >= 15 is 0 Å². The van der Waals surface area contributed by atoms with E-state index in [4.69, 9.17) is 5.73 Å². The first kappa shape index (κ1) is 10.8. The molecule has 0 saturated heterocycles. The summed E-state index contributed by atoms with van der Waals surface area (Å²) in [5.74, 6) is 0.554. The third-order valence-electron chi connectivity index (χ3n) is 2.74. The molecule has 3 rings (SSSR count). The first-order valence-corrected chi connectivity index (χ1v) is 6.74. The second kappa shape index (κ2) is 3.85. The van der Waals surface area contributed by atoms with Crippen molar-refractivity contribution in [1.82, 2.24) is 9.55 Å².